The van der Waals surface area contributed by atoms with Gasteiger partial charge in [-0.05, 0) is 36.4 Å². The van der Waals surface area contributed by atoms with Crippen LogP contribution in [0.1, 0.15) is 31.1 Å². The fraction of sp³-hybridized carbons (Fsp3) is 0.0455. The molecule has 1 amide bonds. The lowest BCUT2D eigenvalue weighted by Crippen LogP contribution is -2.12. The van der Waals surface area contributed by atoms with E-state index in [4.69, 9.17) is 16.7 Å². The van der Waals surface area contributed by atoms with Crippen molar-refractivity contribution in [3.63, 3.8) is 0 Å². The molecule has 0 saturated carbocycles. The molecule has 3 rings (SSSR count). The van der Waals surface area contributed by atoms with E-state index < -0.39 is 5.97 Å². The zero-order valence-electron chi connectivity index (χ0n) is 15.1. The second-order valence-electron chi connectivity index (χ2n) is 6.06. The van der Waals surface area contributed by atoms with Gasteiger partial charge >= 0.3 is 5.97 Å². The molecule has 2 N–H and O–H groups in total. The summed E-state index contributed by atoms with van der Waals surface area (Å²) in [7, 11) is 0. The van der Waals surface area contributed by atoms with Crippen LogP contribution in [0.4, 0.5) is 5.69 Å². The maximum Gasteiger partial charge on any atom is 0.337 e. The van der Waals surface area contributed by atoms with Crippen molar-refractivity contribution >= 4 is 46.7 Å². The van der Waals surface area contributed by atoms with Crippen LogP contribution in [0.2, 0.25) is 5.02 Å². The van der Waals surface area contributed by atoms with Crippen molar-refractivity contribution in [1.82, 2.24) is 0 Å². The Kier molecular flexibility index (Phi) is 6.69. The number of carboxylic acids is 1. The first-order valence-electron chi connectivity index (χ1n) is 8.59. The van der Waals surface area contributed by atoms with Gasteiger partial charge in [0, 0.05) is 21.7 Å². The number of hydrogen-bond acceptors (Lipinski definition) is 4. The average molecular weight is 426 g/mol. The van der Waals surface area contributed by atoms with Crippen LogP contribution in [-0.4, -0.2) is 28.5 Å². The number of anilines is 1. The van der Waals surface area contributed by atoms with E-state index in [1.807, 2.05) is 24.3 Å². The number of rotatable bonds is 7. The highest BCUT2D eigenvalue weighted by atomic mass is 35.5. The van der Waals surface area contributed by atoms with Gasteiger partial charge in [-0.1, -0.05) is 48.0 Å². The molecule has 7 heteroatoms. The number of Topliss-reactive ketones (excluding diaryl/α,β-unsaturated/α-hetero) is 1. The molecule has 0 aliphatic rings. The largest absolute Gasteiger partial charge is 0.478 e. The molecule has 0 aliphatic carbocycles. The average Bonchev–Trinajstić information content (AvgIpc) is 2.74. The number of nitrogens with one attached hydrogen (secondary N) is 1. The van der Waals surface area contributed by atoms with Gasteiger partial charge in [0.2, 0.25) is 0 Å². The van der Waals surface area contributed by atoms with E-state index in [0.717, 1.165) is 4.90 Å². The predicted octanol–water partition coefficient (Wildman–Crippen LogP) is 5.27. The molecule has 0 fully saturated rings. The van der Waals surface area contributed by atoms with Crippen LogP contribution in [0, 0.1) is 0 Å². The van der Waals surface area contributed by atoms with E-state index in [9.17, 15) is 14.4 Å². The normalized spacial score (nSPS) is 10.4. The smallest absolute Gasteiger partial charge is 0.337 e. The molecule has 0 aromatic heterocycles. The minimum absolute atomic E-state index is 0.00724. The van der Waals surface area contributed by atoms with Crippen molar-refractivity contribution < 1.29 is 19.5 Å². The first kappa shape index (κ1) is 20.6. The van der Waals surface area contributed by atoms with Crippen LogP contribution in [0.5, 0.6) is 0 Å². The second kappa shape index (κ2) is 9.41. The maximum absolute atomic E-state index is 12.5. The molecule has 3 aromatic carbocycles. The van der Waals surface area contributed by atoms with Gasteiger partial charge in [0.25, 0.3) is 5.91 Å². The SMILES string of the molecule is O=C(CSc1cccc(C(=O)Nc2ccc(Cl)c(C(=O)O)c2)c1)c1ccccc1. The third kappa shape index (κ3) is 5.47. The molecule has 0 unspecified atom stereocenters. The molecule has 146 valence electrons. The van der Waals surface area contributed by atoms with E-state index in [2.05, 4.69) is 5.32 Å². The molecule has 0 atom stereocenters. The highest BCUT2D eigenvalue weighted by Crippen LogP contribution is 2.23. The second-order valence-corrected chi connectivity index (χ2v) is 7.52. The highest BCUT2D eigenvalue weighted by Gasteiger charge is 2.13. The van der Waals surface area contributed by atoms with Crippen LogP contribution >= 0.6 is 23.4 Å². The number of thioether (sulfide) groups is 1. The predicted molar refractivity (Wildman–Crippen MR) is 114 cm³/mol. The third-order valence-corrected chi connectivity index (χ3v) is 5.34. The number of halogens is 1. The van der Waals surface area contributed by atoms with Gasteiger partial charge in [-0.15, -0.1) is 11.8 Å². The number of hydrogen-bond donors (Lipinski definition) is 2. The van der Waals surface area contributed by atoms with E-state index >= 15 is 0 Å². The number of carbonyl (C=O) groups is 3. The lowest BCUT2D eigenvalue weighted by molar-refractivity contribution is 0.0696. The Hall–Kier alpha value is -3.09. The molecule has 0 spiro atoms. The Morgan fingerprint density at radius 3 is 2.34 bits per heavy atom. The molecular weight excluding hydrogens is 410 g/mol. The fourth-order valence-corrected chi connectivity index (χ4v) is 3.60. The molecule has 5 nitrogen and oxygen atoms in total. The zero-order chi connectivity index (χ0) is 20.8. The number of carboxylic acid groups (broad SMARTS) is 1. The van der Waals surface area contributed by atoms with E-state index in [0.29, 0.717) is 16.8 Å². The van der Waals surface area contributed by atoms with Crippen molar-refractivity contribution in [2.45, 2.75) is 4.90 Å². The van der Waals surface area contributed by atoms with Crippen LogP contribution in [-0.2, 0) is 0 Å². The van der Waals surface area contributed by atoms with Crippen LogP contribution in [0.3, 0.4) is 0 Å². The first-order chi connectivity index (χ1) is 13.9. The number of ketones is 1. The number of benzene rings is 3. The van der Waals surface area contributed by atoms with Crippen molar-refractivity contribution in [3.8, 4) is 0 Å². The summed E-state index contributed by atoms with van der Waals surface area (Å²) in [6.45, 7) is 0. The molecule has 0 heterocycles. The van der Waals surface area contributed by atoms with Gasteiger partial charge < -0.3 is 10.4 Å². The third-order valence-electron chi connectivity index (χ3n) is 4.02. The summed E-state index contributed by atoms with van der Waals surface area (Å²) < 4.78 is 0. The number of aromatic carboxylic acids is 1. The van der Waals surface area contributed by atoms with Gasteiger partial charge in [0.05, 0.1) is 16.3 Å². The molecule has 0 radical (unpaired) electrons. The van der Waals surface area contributed by atoms with Crippen molar-refractivity contribution in [3.05, 3.63) is 94.5 Å². The van der Waals surface area contributed by atoms with Crippen molar-refractivity contribution in [1.29, 1.82) is 0 Å². The fourth-order valence-electron chi connectivity index (χ4n) is 2.55. The van der Waals surface area contributed by atoms with Gasteiger partial charge in [0.15, 0.2) is 5.78 Å². The lowest BCUT2D eigenvalue weighted by Gasteiger charge is -2.08. The Morgan fingerprint density at radius 2 is 1.62 bits per heavy atom. The van der Waals surface area contributed by atoms with Gasteiger partial charge in [-0.3, -0.25) is 9.59 Å². The Bertz CT molecular complexity index is 1070. The Labute approximate surface area is 176 Å². The Balaban J connectivity index is 1.67. The summed E-state index contributed by atoms with van der Waals surface area (Å²) in [6.07, 6.45) is 0. The van der Waals surface area contributed by atoms with Crippen molar-refractivity contribution in [2.24, 2.45) is 0 Å². The zero-order valence-corrected chi connectivity index (χ0v) is 16.7. The molecule has 0 aliphatic heterocycles. The molecule has 3 aromatic rings. The monoisotopic (exact) mass is 425 g/mol. The van der Waals surface area contributed by atoms with Gasteiger partial charge in [0.1, 0.15) is 0 Å². The van der Waals surface area contributed by atoms with Crippen LogP contribution < -0.4 is 5.32 Å². The molecule has 0 saturated heterocycles. The summed E-state index contributed by atoms with van der Waals surface area (Å²) in [5, 5.41) is 11.9. The summed E-state index contributed by atoms with van der Waals surface area (Å²) >= 11 is 7.19. The summed E-state index contributed by atoms with van der Waals surface area (Å²) in [6, 6.07) is 20.2. The summed E-state index contributed by atoms with van der Waals surface area (Å²) in [4.78, 5) is 36.7. The van der Waals surface area contributed by atoms with Crippen LogP contribution in [0.15, 0.2) is 77.7 Å². The van der Waals surface area contributed by atoms with Gasteiger partial charge in [-0.2, -0.15) is 0 Å². The summed E-state index contributed by atoms with van der Waals surface area (Å²) in [5.74, 6) is -1.30. The topological polar surface area (TPSA) is 83.5 Å². The van der Waals surface area contributed by atoms with E-state index in [1.54, 1.807) is 30.3 Å². The highest BCUT2D eigenvalue weighted by molar-refractivity contribution is 8.00. The molecule has 29 heavy (non-hydrogen) atoms. The standard InChI is InChI=1S/C22H16ClNO4S/c23-19-10-9-16(12-18(19)22(27)28)24-21(26)15-7-4-8-17(11-15)29-13-20(25)14-5-2-1-3-6-14/h1-12H,13H2,(H,24,26)(H,27,28). The molecular formula is C22H16ClNO4S. The minimum Gasteiger partial charge on any atom is -0.478 e. The number of carbonyl (C=O) groups excluding carboxylic acids is 2. The Morgan fingerprint density at radius 1 is 0.897 bits per heavy atom. The van der Waals surface area contributed by atoms with E-state index in [-0.39, 0.29) is 28.0 Å². The first-order valence-corrected chi connectivity index (χ1v) is 9.95. The lowest BCUT2D eigenvalue weighted by atomic mass is 10.1. The minimum atomic E-state index is -1.17. The van der Waals surface area contributed by atoms with E-state index in [1.165, 1.54) is 30.0 Å². The maximum atomic E-state index is 12.5. The quantitative estimate of drug-likeness (QED) is 0.398. The van der Waals surface area contributed by atoms with Gasteiger partial charge in [-0.25, -0.2) is 4.79 Å². The van der Waals surface area contributed by atoms with Crippen molar-refractivity contribution in [2.75, 3.05) is 11.1 Å². The van der Waals surface area contributed by atoms with Crippen LogP contribution in [0.25, 0.3) is 0 Å². The number of amides is 1. The molecule has 0 bridgehead atoms. The summed E-state index contributed by atoms with van der Waals surface area (Å²) in [5.41, 5.74) is 1.28.